The predicted octanol–water partition coefficient (Wildman–Crippen LogP) is 3.60. The largest absolute Gasteiger partial charge is 0.351 e. The van der Waals surface area contributed by atoms with Crippen LogP contribution >= 0.6 is 34.5 Å². The van der Waals surface area contributed by atoms with Gasteiger partial charge in [0.25, 0.3) is 5.91 Å². The first-order valence-electron chi connectivity index (χ1n) is 6.15. The Hall–Kier alpha value is -1.17. The summed E-state index contributed by atoms with van der Waals surface area (Å²) in [6.45, 7) is 0.596. The van der Waals surface area contributed by atoms with Gasteiger partial charge in [0.15, 0.2) is 0 Å². The molecule has 0 fully saturated rings. The Morgan fingerprint density at radius 1 is 1.30 bits per heavy atom. The van der Waals surface area contributed by atoms with Crippen LogP contribution in [0.15, 0.2) is 24.7 Å². The molecule has 0 spiro atoms. The lowest BCUT2D eigenvalue weighted by Gasteiger charge is -2.05. The fourth-order valence-corrected chi connectivity index (χ4v) is 3.00. The monoisotopic (exact) mass is 329 g/mol. The molecule has 0 unspecified atom stereocenters. The lowest BCUT2D eigenvalue weighted by atomic mass is 10.2. The van der Waals surface area contributed by atoms with Gasteiger partial charge in [-0.3, -0.25) is 4.79 Å². The van der Waals surface area contributed by atoms with E-state index >= 15 is 0 Å². The number of nitrogens with zero attached hydrogens (tertiary/aromatic N) is 2. The van der Waals surface area contributed by atoms with E-state index < -0.39 is 0 Å². The predicted molar refractivity (Wildman–Crippen MR) is 81.6 cm³/mol. The molecule has 0 aliphatic heterocycles. The zero-order valence-electron chi connectivity index (χ0n) is 10.6. The van der Waals surface area contributed by atoms with Crippen LogP contribution in [0.5, 0.6) is 0 Å². The molecular weight excluding hydrogens is 317 g/mol. The molecular formula is C13H13Cl2N3OS. The maximum Gasteiger partial charge on any atom is 0.271 e. The van der Waals surface area contributed by atoms with E-state index in [4.69, 9.17) is 23.2 Å². The molecule has 106 valence electrons. The molecule has 2 aromatic heterocycles. The molecule has 7 heteroatoms. The molecule has 0 aliphatic rings. The van der Waals surface area contributed by atoms with Gasteiger partial charge in [-0.2, -0.15) is 0 Å². The summed E-state index contributed by atoms with van der Waals surface area (Å²) < 4.78 is 0.812. The number of aryl methyl sites for hydroxylation is 1. The van der Waals surface area contributed by atoms with Crippen molar-refractivity contribution in [1.82, 2.24) is 15.3 Å². The van der Waals surface area contributed by atoms with Crippen LogP contribution in [0.4, 0.5) is 0 Å². The lowest BCUT2D eigenvalue weighted by Crippen LogP contribution is -2.25. The van der Waals surface area contributed by atoms with Crippen LogP contribution in [0.25, 0.3) is 0 Å². The zero-order chi connectivity index (χ0) is 14.4. The van der Waals surface area contributed by atoms with E-state index in [0.717, 1.165) is 23.6 Å². The Kier molecular flexibility index (Phi) is 5.76. The number of hydrogen-bond acceptors (Lipinski definition) is 4. The fraction of sp³-hybridized carbons (Fsp3) is 0.308. The van der Waals surface area contributed by atoms with Crippen LogP contribution in [0.1, 0.15) is 28.2 Å². The standard InChI is InChI=1S/C13H13Cl2N3OS/c14-10-7-16-8-18-12(10)13(19)17-6-2-1-3-9-4-5-11(15)20-9/h4-5,7-8H,1-3,6H2,(H,17,19). The van der Waals surface area contributed by atoms with E-state index in [1.165, 1.54) is 17.4 Å². The van der Waals surface area contributed by atoms with Crippen molar-refractivity contribution in [2.75, 3.05) is 6.54 Å². The molecule has 1 amide bonds. The average Bonchev–Trinajstić information content (AvgIpc) is 2.84. The second-order valence-corrected chi connectivity index (χ2v) is 6.34. The topological polar surface area (TPSA) is 54.9 Å². The van der Waals surface area contributed by atoms with Gasteiger partial charge in [-0.25, -0.2) is 9.97 Å². The van der Waals surface area contributed by atoms with Crippen LogP contribution in [0.3, 0.4) is 0 Å². The van der Waals surface area contributed by atoms with E-state index in [-0.39, 0.29) is 16.6 Å². The van der Waals surface area contributed by atoms with Crippen molar-refractivity contribution in [2.24, 2.45) is 0 Å². The molecule has 1 N–H and O–H groups in total. The number of aromatic nitrogens is 2. The first-order chi connectivity index (χ1) is 9.66. The molecule has 2 aromatic rings. The van der Waals surface area contributed by atoms with E-state index in [1.54, 1.807) is 11.3 Å². The number of thiophene rings is 1. The molecule has 0 saturated carbocycles. The van der Waals surface area contributed by atoms with Crippen molar-refractivity contribution in [1.29, 1.82) is 0 Å². The summed E-state index contributed by atoms with van der Waals surface area (Å²) in [5.41, 5.74) is 0.215. The van der Waals surface area contributed by atoms with Crippen molar-refractivity contribution < 1.29 is 4.79 Å². The molecule has 0 atom stereocenters. The van der Waals surface area contributed by atoms with Gasteiger partial charge in [-0.1, -0.05) is 23.2 Å². The molecule has 0 aromatic carbocycles. The van der Waals surface area contributed by atoms with Gasteiger partial charge < -0.3 is 5.32 Å². The minimum absolute atomic E-state index is 0.215. The number of hydrogen-bond donors (Lipinski definition) is 1. The maximum atomic E-state index is 11.8. The van der Waals surface area contributed by atoms with Gasteiger partial charge in [0.2, 0.25) is 0 Å². The second-order valence-electron chi connectivity index (χ2n) is 4.14. The highest BCUT2D eigenvalue weighted by molar-refractivity contribution is 7.16. The highest BCUT2D eigenvalue weighted by Gasteiger charge is 2.10. The van der Waals surface area contributed by atoms with Crippen LogP contribution < -0.4 is 5.32 Å². The van der Waals surface area contributed by atoms with E-state index in [0.29, 0.717) is 6.54 Å². The van der Waals surface area contributed by atoms with Gasteiger partial charge >= 0.3 is 0 Å². The van der Waals surface area contributed by atoms with Gasteiger partial charge in [-0.05, 0) is 31.4 Å². The van der Waals surface area contributed by atoms with Crippen LogP contribution in [0.2, 0.25) is 9.36 Å². The van der Waals surface area contributed by atoms with Gasteiger partial charge in [0, 0.05) is 17.6 Å². The first kappa shape index (κ1) is 15.2. The minimum Gasteiger partial charge on any atom is -0.351 e. The summed E-state index contributed by atoms with van der Waals surface area (Å²) >= 11 is 13.3. The van der Waals surface area contributed by atoms with E-state index in [1.807, 2.05) is 12.1 Å². The van der Waals surface area contributed by atoms with Gasteiger partial charge in [0.05, 0.1) is 9.36 Å². The number of rotatable bonds is 6. The molecule has 0 aliphatic carbocycles. The minimum atomic E-state index is -0.267. The normalized spacial score (nSPS) is 10.5. The van der Waals surface area contributed by atoms with Crippen LogP contribution in [0, 0.1) is 0 Å². The molecule has 0 radical (unpaired) electrons. The highest BCUT2D eigenvalue weighted by atomic mass is 35.5. The third-order valence-electron chi connectivity index (χ3n) is 2.65. The number of amides is 1. The van der Waals surface area contributed by atoms with Crippen molar-refractivity contribution in [2.45, 2.75) is 19.3 Å². The summed E-state index contributed by atoms with van der Waals surface area (Å²) in [7, 11) is 0. The number of carbonyl (C=O) groups is 1. The Morgan fingerprint density at radius 2 is 2.15 bits per heavy atom. The molecule has 2 rings (SSSR count). The smallest absolute Gasteiger partial charge is 0.271 e. The summed E-state index contributed by atoms with van der Waals surface area (Å²) in [5.74, 6) is -0.267. The molecule has 0 saturated heterocycles. The van der Waals surface area contributed by atoms with Crippen molar-refractivity contribution in [3.63, 3.8) is 0 Å². The number of unbranched alkanes of at least 4 members (excludes halogenated alkanes) is 1. The van der Waals surface area contributed by atoms with Crippen molar-refractivity contribution >= 4 is 40.4 Å². The second kappa shape index (κ2) is 7.57. The highest BCUT2D eigenvalue weighted by Crippen LogP contribution is 2.22. The van der Waals surface area contributed by atoms with Crippen molar-refractivity contribution in [3.8, 4) is 0 Å². The fourth-order valence-electron chi connectivity index (χ4n) is 1.68. The Labute approximate surface area is 131 Å². The van der Waals surface area contributed by atoms with Gasteiger partial charge in [0.1, 0.15) is 12.0 Å². The Bertz CT molecular complexity index is 589. The third kappa shape index (κ3) is 4.44. The average molecular weight is 330 g/mol. The Morgan fingerprint density at radius 3 is 2.85 bits per heavy atom. The zero-order valence-corrected chi connectivity index (χ0v) is 12.9. The van der Waals surface area contributed by atoms with E-state index in [9.17, 15) is 4.79 Å². The first-order valence-corrected chi connectivity index (χ1v) is 7.72. The van der Waals surface area contributed by atoms with Crippen LogP contribution in [-0.2, 0) is 6.42 Å². The molecule has 2 heterocycles. The quantitative estimate of drug-likeness (QED) is 0.824. The van der Waals surface area contributed by atoms with Crippen molar-refractivity contribution in [3.05, 3.63) is 44.6 Å². The van der Waals surface area contributed by atoms with Crippen LogP contribution in [-0.4, -0.2) is 22.4 Å². The number of halogens is 2. The SMILES string of the molecule is O=C(NCCCCc1ccc(Cl)s1)c1ncncc1Cl. The molecule has 4 nitrogen and oxygen atoms in total. The third-order valence-corrected chi connectivity index (χ3v) is 4.21. The lowest BCUT2D eigenvalue weighted by molar-refractivity contribution is 0.0948. The molecule has 0 bridgehead atoms. The van der Waals surface area contributed by atoms with Gasteiger partial charge in [-0.15, -0.1) is 11.3 Å². The Balaban J connectivity index is 1.68. The number of carbonyl (C=O) groups excluding carboxylic acids is 1. The summed E-state index contributed by atoms with van der Waals surface area (Å²) in [6.07, 6.45) is 5.57. The summed E-state index contributed by atoms with van der Waals surface area (Å²) in [6, 6.07) is 3.94. The number of nitrogens with one attached hydrogen (secondary N) is 1. The molecule has 20 heavy (non-hydrogen) atoms. The summed E-state index contributed by atoms with van der Waals surface area (Å²) in [4.78, 5) is 20.7. The summed E-state index contributed by atoms with van der Waals surface area (Å²) in [5, 5.41) is 3.06. The van der Waals surface area contributed by atoms with E-state index in [2.05, 4.69) is 15.3 Å². The maximum absolute atomic E-state index is 11.8.